The molecule has 2 rings (SSSR count). The molecule has 1 N–H and O–H groups in total. The first-order valence-electron chi connectivity index (χ1n) is 4.82. The molecule has 0 amide bonds. The highest BCUT2D eigenvalue weighted by Gasteiger charge is 2.14. The summed E-state index contributed by atoms with van der Waals surface area (Å²) < 4.78 is 0. The van der Waals surface area contributed by atoms with Gasteiger partial charge >= 0.3 is 0 Å². The van der Waals surface area contributed by atoms with E-state index in [0.717, 1.165) is 0 Å². The molecular formula is C12H8Cl3NO. The van der Waals surface area contributed by atoms with E-state index >= 15 is 0 Å². The van der Waals surface area contributed by atoms with E-state index in [9.17, 15) is 5.11 Å². The van der Waals surface area contributed by atoms with Crippen LogP contribution >= 0.6 is 34.8 Å². The number of hydrogen-bond donors (Lipinski definition) is 1. The van der Waals surface area contributed by atoms with Crippen LogP contribution in [-0.2, 0) is 6.61 Å². The molecule has 0 aliphatic carbocycles. The van der Waals surface area contributed by atoms with Crippen LogP contribution in [0.1, 0.15) is 5.56 Å². The zero-order chi connectivity index (χ0) is 12.4. The van der Waals surface area contributed by atoms with Gasteiger partial charge in [-0.05, 0) is 12.1 Å². The van der Waals surface area contributed by atoms with E-state index in [-0.39, 0.29) is 6.61 Å². The van der Waals surface area contributed by atoms with Crippen LogP contribution in [0.3, 0.4) is 0 Å². The fourth-order valence-electron chi connectivity index (χ4n) is 1.59. The van der Waals surface area contributed by atoms with Gasteiger partial charge < -0.3 is 5.11 Å². The van der Waals surface area contributed by atoms with E-state index < -0.39 is 0 Å². The monoisotopic (exact) mass is 287 g/mol. The van der Waals surface area contributed by atoms with Gasteiger partial charge in [-0.2, -0.15) is 0 Å². The van der Waals surface area contributed by atoms with Gasteiger partial charge in [-0.3, -0.25) is 4.98 Å². The number of aliphatic hydroxyl groups is 1. The third-order valence-electron chi connectivity index (χ3n) is 2.40. The maximum absolute atomic E-state index is 9.34. The maximum Gasteiger partial charge on any atom is 0.0703 e. The molecule has 88 valence electrons. The van der Waals surface area contributed by atoms with E-state index in [4.69, 9.17) is 34.8 Å². The molecule has 0 saturated carbocycles. The Balaban J connectivity index is 2.73. The molecular weight excluding hydrogens is 280 g/mol. The van der Waals surface area contributed by atoms with Crippen molar-refractivity contribution in [1.82, 2.24) is 4.98 Å². The van der Waals surface area contributed by atoms with E-state index in [1.165, 1.54) is 6.20 Å². The first-order chi connectivity index (χ1) is 8.15. The maximum atomic E-state index is 9.34. The molecule has 1 heterocycles. The van der Waals surface area contributed by atoms with Crippen molar-refractivity contribution in [1.29, 1.82) is 0 Å². The number of rotatable bonds is 2. The molecule has 0 bridgehead atoms. The Kier molecular flexibility index (Phi) is 3.89. The topological polar surface area (TPSA) is 33.1 Å². The Labute approximate surface area is 114 Å². The zero-order valence-electron chi connectivity index (χ0n) is 8.62. The predicted molar refractivity (Wildman–Crippen MR) is 70.6 cm³/mol. The third-order valence-corrected chi connectivity index (χ3v) is 3.35. The van der Waals surface area contributed by atoms with Crippen LogP contribution in [0.15, 0.2) is 30.6 Å². The molecule has 17 heavy (non-hydrogen) atoms. The van der Waals surface area contributed by atoms with Crippen molar-refractivity contribution < 1.29 is 5.11 Å². The fraction of sp³-hybridized carbons (Fsp3) is 0.0833. The van der Waals surface area contributed by atoms with Crippen LogP contribution in [0.5, 0.6) is 0 Å². The van der Waals surface area contributed by atoms with E-state index in [0.29, 0.717) is 31.8 Å². The second-order valence-corrected chi connectivity index (χ2v) is 4.62. The van der Waals surface area contributed by atoms with Crippen LogP contribution in [0, 0.1) is 0 Å². The number of aliphatic hydroxyl groups excluding tert-OH is 1. The summed E-state index contributed by atoms with van der Waals surface area (Å²) in [5, 5.41) is 10.7. The highest BCUT2D eigenvalue weighted by Crippen LogP contribution is 2.37. The van der Waals surface area contributed by atoms with E-state index in [1.807, 2.05) is 0 Å². The zero-order valence-corrected chi connectivity index (χ0v) is 10.9. The summed E-state index contributed by atoms with van der Waals surface area (Å²) in [6.45, 7) is -0.196. The average molecular weight is 289 g/mol. The predicted octanol–water partition coefficient (Wildman–Crippen LogP) is 4.20. The molecule has 1 aromatic carbocycles. The van der Waals surface area contributed by atoms with Crippen molar-refractivity contribution in [3.8, 4) is 11.1 Å². The van der Waals surface area contributed by atoms with Gasteiger partial charge in [-0.25, -0.2) is 0 Å². The second-order valence-electron chi connectivity index (χ2n) is 3.40. The molecule has 0 radical (unpaired) electrons. The number of benzene rings is 1. The quantitative estimate of drug-likeness (QED) is 0.898. The van der Waals surface area contributed by atoms with Gasteiger partial charge in [0.1, 0.15) is 0 Å². The molecule has 0 aliphatic rings. The number of halogens is 3. The van der Waals surface area contributed by atoms with Crippen LogP contribution in [0.4, 0.5) is 0 Å². The Bertz CT molecular complexity index is 537. The summed E-state index contributed by atoms with van der Waals surface area (Å²) in [6.07, 6.45) is 3.06. The molecule has 2 nitrogen and oxygen atoms in total. The van der Waals surface area contributed by atoms with Crippen molar-refractivity contribution >= 4 is 34.8 Å². The summed E-state index contributed by atoms with van der Waals surface area (Å²) in [6, 6.07) is 5.21. The molecule has 0 atom stereocenters. The normalized spacial score (nSPS) is 10.6. The van der Waals surface area contributed by atoms with Crippen LogP contribution in [0.2, 0.25) is 15.1 Å². The van der Waals surface area contributed by atoms with Gasteiger partial charge in [0.15, 0.2) is 0 Å². The van der Waals surface area contributed by atoms with Gasteiger partial charge in [-0.15, -0.1) is 0 Å². The first kappa shape index (κ1) is 12.7. The Hall–Kier alpha value is -0.800. The molecule has 0 aliphatic heterocycles. The minimum absolute atomic E-state index is 0.196. The highest BCUT2D eigenvalue weighted by atomic mass is 35.5. The average Bonchev–Trinajstić information content (AvgIpc) is 2.29. The lowest BCUT2D eigenvalue weighted by atomic mass is 10.0. The lowest BCUT2D eigenvalue weighted by Crippen LogP contribution is -1.94. The van der Waals surface area contributed by atoms with E-state index in [2.05, 4.69) is 4.98 Å². The van der Waals surface area contributed by atoms with Crippen molar-refractivity contribution in [3.05, 3.63) is 51.2 Å². The molecule has 5 heteroatoms. The molecule has 0 spiro atoms. The fourth-order valence-corrected chi connectivity index (χ4v) is 2.41. The summed E-state index contributed by atoms with van der Waals surface area (Å²) >= 11 is 18.2. The smallest absolute Gasteiger partial charge is 0.0703 e. The van der Waals surface area contributed by atoms with Crippen LogP contribution < -0.4 is 0 Å². The number of hydrogen-bond acceptors (Lipinski definition) is 2. The minimum Gasteiger partial charge on any atom is -0.392 e. The molecule has 0 unspecified atom stereocenters. The van der Waals surface area contributed by atoms with Crippen molar-refractivity contribution in [3.63, 3.8) is 0 Å². The lowest BCUT2D eigenvalue weighted by Gasteiger charge is -2.11. The summed E-state index contributed by atoms with van der Waals surface area (Å²) in [5.41, 5.74) is 1.85. The Morgan fingerprint density at radius 1 is 1.00 bits per heavy atom. The van der Waals surface area contributed by atoms with Gasteiger partial charge in [-0.1, -0.05) is 40.9 Å². The summed E-state index contributed by atoms with van der Waals surface area (Å²) in [5.74, 6) is 0. The van der Waals surface area contributed by atoms with Gasteiger partial charge in [0, 0.05) is 39.1 Å². The summed E-state index contributed by atoms with van der Waals surface area (Å²) in [4.78, 5) is 3.99. The van der Waals surface area contributed by atoms with Crippen molar-refractivity contribution in [2.24, 2.45) is 0 Å². The second kappa shape index (κ2) is 5.23. The largest absolute Gasteiger partial charge is 0.392 e. The SMILES string of the molecule is OCc1c(Cl)cncc1-c1c(Cl)cccc1Cl. The van der Waals surface area contributed by atoms with Crippen LogP contribution in [-0.4, -0.2) is 10.1 Å². The molecule has 1 aromatic heterocycles. The van der Waals surface area contributed by atoms with Crippen molar-refractivity contribution in [2.75, 3.05) is 0 Å². The molecule has 0 fully saturated rings. The third kappa shape index (κ3) is 2.40. The first-order valence-corrected chi connectivity index (χ1v) is 5.96. The van der Waals surface area contributed by atoms with Gasteiger partial charge in [0.25, 0.3) is 0 Å². The molecule has 2 aromatic rings. The van der Waals surface area contributed by atoms with Gasteiger partial charge in [0.05, 0.1) is 11.6 Å². The number of aromatic nitrogens is 1. The lowest BCUT2D eigenvalue weighted by molar-refractivity contribution is 0.282. The van der Waals surface area contributed by atoms with Crippen molar-refractivity contribution in [2.45, 2.75) is 6.61 Å². The van der Waals surface area contributed by atoms with E-state index in [1.54, 1.807) is 24.4 Å². The number of pyridine rings is 1. The summed E-state index contributed by atoms with van der Waals surface area (Å²) in [7, 11) is 0. The van der Waals surface area contributed by atoms with Crippen LogP contribution in [0.25, 0.3) is 11.1 Å². The standard InChI is InChI=1S/C12H8Cl3NO/c13-9-2-1-3-10(14)12(9)7-4-16-5-11(15)8(7)6-17/h1-5,17H,6H2. The van der Waals surface area contributed by atoms with Gasteiger partial charge in [0.2, 0.25) is 0 Å². The Morgan fingerprint density at radius 3 is 2.24 bits per heavy atom. The highest BCUT2D eigenvalue weighted by molar-refractivity contribution is 6.39. The number of nitrogens with zero attached hydrogens (tertiary/aromatic N) is 1. The molecule has 0 saturated heterocycles. The Morgan fingerprint density at radius 2 is 1.65 bits per heavy atom. The minimum atomic E-state index is -0.196.